The molecule has 3 aromatic carbocycles. The maximum Gasteiger partial charge on any atom is 0.296 e. The van der Waals surface area contributed by atoms with Crippen LogP contribution in [0.15, 0.2) is 95.1 Å². The number of rotatable bonds is 8. The minimum absolute atomic E-state index is 0.00783. The van der Waals surface area contributed by atoms with Crippen LogP contribution in [0, 0.1) is 6.92 Å². The Morgan fingerprint density at radius 3 is 2.46 bits per heavy atom. The number of Topliss-reactive ketones (excluding diaryl/α,β-unsaturated/α-hetero) is 1. The monoisotopic (exact) mass is 525 g/mol. The lowest BCUT2D eigenvalue weighted by Crippen LogP contribution is -2.29. The van der Waals surface area contributed by atoms with E-state index < -0.39 is 17.7 Å². The van der Waals surface area contributed by atoms with E-state index in [2.05, 4.69) is 0 Å². The normalized spacial score (nSPS) is 16.5. The molecule has 0 unspecified atom stereocenters. The van der Waals surface area contributed by atoms with Gasteiger partial charge in [-0.1, -0.05) is 30.3 Å². The predicted octanol–water partition coefficient (Wildman–Crippen LogP) is 5.50. The number of ether oxygens (including phenoxy) is 2. The lowest BCUT2D eigenvalue weighted by molar-refractivity contribution is -0.140. The highest BCUT2D eigenvalue weighted by molar-refractivity contribution is 6.46. The summed E-state index contributed by atoms with van der Waals surface area (Å²) in [5.41, 5.74) is 2.94. The molecule has 0 radical (unpaired) electrons. The van der Waals surface area contributed by atoms with Gasteiger partial charge in [-0.2, -0.15) is 0 Å². The van der Waals surface area contributed by atoms with Gasteiger partial charge in [-0.05, 0) is 72.1 Å². The van der Waals surface area contributed by atoms with Crippen LogP contribution in [0.4, 0.5) is 0 Å². The fourth-order valence-corrected chi connectivity index (χ4v) is 4.62. The number of hydrogen-bond donors (Lipinski definition) is 2. The van der Waals surface area contributed by atoms with Crippen molar-refractivity contribution in [3.63, 3.8) is 0 Å². The smallest absolute Gasteiger partial charge is 0.296 e. The van der Waals surface area contributed by atoms with Gasteiger partial charge >= 0.3 is 0 Å². The summed E-state index contributed by atoms with van der Waals surface area (Å²) in [5.74, 6) is -0.774. The Labute approximate surface area is 225 Å². The predicted molar refractivity (Wildman–Crippen MR) is 143 cm³/mol. The molecule has 8 nitrogen and oxygen atoms in total. The van der Waals surface area contributed by atoms with Crippen LogP contribution in [0.2, 0.25) is 0 Å². The molecule has 1 fully saturated rings. The minimum Gasteiger partial charge on any atom is -0.507 e. The number of aromatic hydroxyl groups is 1. The first-order chi connectivity index (χ1) is 18.9. The van der Waals surface area contributed by atoms with Crippen molar-refractivity contribution in [3.8, 4) is 17.2 Å². The summed E-state index contributed by atoms with van der Waals surface area (Å²) in [6.45, 7) is 2.41. The average molecular weight is 526 g/mol. The maximum absolute atomic E-state index is 13.3. The molecule has 8 heteroatoms. The molecule has 5 rings (SSSR count). The van der Waals surface area contributed by atoms with Crippen LogP contribution in [0.1, 0.15) is 34.1 Å². The molecular formula is C31H27NO7. The summed E-state index contributed by atoms with van der Waals surface area (Å²) < 4.78 is 16.6. The number of phenolic OH excluding ortho intramolecular Hbond substituents is 1. The van der Waals surface area contributed by atoms with Gasteiger partial charge in [0.2, 0.25) is 0 Å². The summed E-state index contributed by atoms with van der Waals surface area (Å²) in [6.07, 6.45) is 1.48. The van der Waals surface area contributed by atoms with Crippen LogP contribution < -0.4 is 9.47 Å². The number of methoxy groups -OCH3 is 1. The first kappa shape index (κ1) is 25.7. The van der Waals surface area contributed by atoms with E-state index >= 15 is 0 Å². The molecule has 1 aliphatic rings. The third-order valence-corrected chi connectivity index (χ3v) is 6.75. The van der Waals surface area contributed by atoms with Crippen LogP contribution in [0.3, 0.4) is 0 Å². The number of carbonyl (C=O) groups excluding carboxylic acids is 2. The molecule has 39 heavy (non-hydrogen) atoms. The molecule has 0 bridgehead atoms. The second-order valence-corrected chi connectivity index (χ2v) is 9.18. The Kier molecular flexibility index (Phi) is 7.10. The van der Waals surface area contributed by atoms with Crippen molar-refractivity contribution in [1.29, 1.82) is 0 Å². The molecular weight excluding hydrogens is 498 g/mol. The van der Waals surface area contributed by atoms with Crippen molar-refractivity contribution in [1.82, 2.24) is 4.90 Å². The zero-order chi connectivity index (χ0) is 27.5. The van der Waals surface area contributed by atoms with E-state index in [4.69, 9.17) is 13.9 Å². The molecule has 0 spiro atoms. The molecule has 1 aromatic heterocycles. The van der Waals surface area contributed by atoms with Crippen LogP contribution in [-0.4, -0.2) is 33.9 Å². The number of aliphatic hydroxyl groups is 1. The van der Waals surface area contributed by atoms with Crippen LogP contribution >= 0.6 is 0 Å². The maximum atomic E-state index is 13.3. The highest BCUT2D eigenvalue weighted by Crippen LogP contribution is 2.42. The number of likely N-dealkylation sites (tertiary alicyclic amines) is 1. The minimum atomic E-state index is -0.943. The summed E-state index contributed by atoms with van der Waals surface area (Å²) in [5, 5.41) is 21.4. The van der Waals surface area contributed by atoms with Crippen molar-refractivity contribution >= 4 is 17.4 Å². The molecule has 1 atom stereocenters. The number of aryl methyl sites for hydroxylation is 1. The second-order valence-electron chi connectivity index (χ2n) is 9.18. The third-order valence-electron chi connectivity index (χ3n) is 6.75. The number of phenols is 1. The van der Waals surface area contributed by atoms with Gasteiger partial charge in [0.1, 0.15) is 23.9 Å². The van der Waals surface area contributed by atoms with E-state index in [0.29, 0.717) is 29.2 Å². The van der Waals surface area contributed by atoms with Gasteiger partial charge < -0.3 is 29.0 Å². The number of furan rings is 1. The number of aliphatic hydroxyl groups excluding tert-OH is 1. The Bertz CT molecular complexity index is 1540. The second kappa shape index (κ2) is 10.8. The Hall–Kier alpha value is -4.98. The Morgan fingerprint density at radius 2 is 1.77 bits per heavy atom. The molecule has 1 amide bonds. The van der Waals surface area contributed by atoms with Gasteiger partial charge in [0.25, 0.3) is 11.7 Å². The highest BCUT2D eigenvalue weighted by atomic mass is 16.5. The number of amides is 1. The van der Waals surface area contributed by atoms with E-state index in [9.17, 15) is 19.8 Å². The van der Waals surface area contributed by atoms with Crippen molar-refractivity contribution in [2.24, 2.45) is 0 Å². The van der Waals surface area contributed by atoms with Crippen molar-refractivity contribution < 1.29 is 33.7 Å². The average Bonchev–Trinajstić information content (AvgIpc) is 3.55. The first-order valence-electron chi connectivity index (χ1n) is 12.3. The zero-order valence-corrected chi connectivity index (χ0v) is 21.5. The van der Waals surface area contributed by atoms with E-state index in [0.717, 1.165) is 11.1 Å². The van der Waals surface area contributed by atoms with Crippen LogP contribution in [-0.2, 0) is 22.7 Å². The van der Waals surface area contributed by atoms with Gasteiger partial charge in [0.15, 0.2) is 11.5 Å². The standard InChI is InChI=1S/C31H27NO7/c1-19-6-3-4-7-22(19)18-39-23-12-9-20(10-13-23)29(34)27-28(21-11-14-25(33)26(16-21)37-2)32(31(36)30(27)35)17-24-8-5-15-38-24/h3-16,28,33-34H,17-18H2,1-2H3/t28-/m0/s1. The van der Waals surface area contributed by atoms with Crippen LogP contribution in [0.5, 0.6) is 17.2 Å². The summed E-state index contributed by atoms with van der Waals surface area (Å²) in [7, 11) is 1.40. The Balaban J connectivity index is 1.50. The fourth-order valence-electron chi connectivity index (χ4n) is 4.62. The summed E-state index contributed by atoms with van der Waals surface area (Å²) in [6, 6.07) is 21.6. The molecule has 0 saturated carbocycles. The van der Waals surface area contributed by atoms with Gasteiger partial charge in [0.05, 0.1) is 31.5 Å². The van der Waals surface area contributed by atoms with E-state index in [1.165, 1.54) is 30.4 Å². The van der Waals surface area contributed by atoms with Gasteiger partial charge in [0, 0.05) is 5.56 Å². The Morgan fingerprint density at radius 1 is 1.00 bits per heavy atom. The number of nitrogens with zero attached hydrogens (tertiary/aromatic N) is 1. The first-order valence-corrected chi connectivity index (χ1v) is 12.3. The molecule has 2 N–H and O–H groups in total. The molecule has 1 aliphatic heterocycles. The molecule has 0 aliphatic carbocycles. The van der Waals surface area contributed by atoms with Crippen molar-refractivity contribution in [2.75, 3.05) is 7.11 Å². The molecule has 1 saturated heterocycles. The quantitative estimate of drug-likeness (QED) is 0.178. The summed E-state index contributed by atoms with van der Waals surface area (Å²) >= 11 is 0. The number of hydrogen-bond acceptors (Lipinski definition) is 7. The number of carbonyl (C=O) groups is 2. The largest absolute Gasteiger partial charge is 0.507 e. The number of ketones is 1. The molecule has 4 aromatic rings. The van der Waals surface area contributed by atoms with Crippen LogP contribution in [0.25, 0.3) is 5.76 Å². The number of benzene rings is 3. The molecule has 198 valence electrons. The van der Waals surface area contributed by atoms with Crippen molar-refractivity contribution in [3.05, 3.63) is 119 Å². The van der Waals surface area contributed by atoms with Gasteiger partial charge in [-0.25, -0.2) is 0 Å². The lowest BCUT2D eigenvalue weighted by Gasteiger charge is -2.25. The van der Waals surface area contributed by atoms with Gasteiger partial charge in [-0.15, -0.1) is 0 Å². The highest BCUT2D eigenvalue weighted by Gasteiger charge is 2.46. The van der Waals surface area contributed by atoms with E-state index in [-0.39, 0.29) is 29.4 Å². The van der Waals surface area contributed by atoms with Gasteiger partial charge in [-0.3, -0.25) is 9.59 Å². The van der Waals surface area contributed by atoms with E-state index in [1.807, 2.05) is 31.2 Å². The van der Waals surface area contributed by atoms with Crippen molar-refractivity contribution in [2.45, 2.75) is 26.1 Å². The summed E-state index contributed by atoms with van der Waals surface area (Å²) in [4.78, 5) is 27.8. The van der Waals surface area contributed by atoms with E-state index in [1.54, 1.807) is 42.5 Å². The zero-order valence-electron chi connectivity index (χ0n) is 21.5. The third kappa shape index (κ3) is 5.09. The SMILES string of the molecule is COc1cc([C@H]2C(=C(O)c3ccc(OCc4ccccc4C)cc3)C(=O)C(=O)N2Cc2ccco2)ccc1O. The fraction of sp³-hybridized carbons (Fsp3) is 0.161. The lowest BCUT2D eigenvalue weighted by atomic mass is 9.95. The molecule has 2 heterocycles. The topological polar surface area (TPSA) is 109 Å².